The SMILES string of the molecule is N#CCCN(C(=O)C(CN)c1ccccc1)C1CC1. The Balaban J connectivity index is 2.12. The van der Waals surface area contributed by atoms with Gasteiger partial charge in [-0.1, -0.05) is 30.3 Å². The minimum Gasteiger partial charge on any atom is -0.338 e. The van der Waals surface area contributed by atoms with Crippen LogP contribution < -0.4 is 5.73 Å². The van der Waals surface area contributed by atoms with Crippen LogP contribution >= 0.6 is 0 Å². The first-order valence-electron chi connectivity index (χ1n) is 6.70. The van der Waals surface area contributed by atoms with Crippen LogP contribution in [-0.2, 0) is 4.79 Å². The molecule has 1 atom stereocenters. The lowest BCUT2D eigenvalue weighted by Gasteiger charge is -2.26. The first-order chi connectivity index (χ1) is 9.27. The summed E-state index contributed by atoms with van der Waals surface area (Å²) in [6.07, 6.45) is 2.47. The van der Waals surface area contributed by atoms with Crippen LogP contribution in [0.4, 0.5) is 0 Å². The van der Waals surface area contributed by atoms with E-state index in [9.17, 15) is 4.79 Å². The lowest BCUT2D eigenvalue weighted by Crippen LogP contribution is -2.40. The van der Waals surface area contributed by atoms with Gasteiger partial charge in [0, 0.05) is 19.1 Å². The first kappa shape index (κ1) is 13.6. The maximum Gasteiger partial charge on any atom is 0.231 e. The monoisotopic (exact) mass is 257 g/mol. The van der Waals surface area contributed by atoms with E-state index in [-0.39, 0.29) is 11.8 Å². The smallest absolute Gasteiger partial charge is 0.231 e. The number of nitrogens with zero attached hydrogens (tertiary/aromatic N) is 2. The maximum atomic E-state index is 12.6. The minimum absolute atomic E-state index is 0.0615. The fourth-order valence-electron chi connectivity index (χ4n) is 2.29. The third-order valence-electron chi connectivity index (χ3n) is 3.47. The topological polar surface area (TPSA) is 70.1 Å². The van der Waals surface area contributed by atoms with E-state index in [0.29, 0.717) is 25.6 Å². The van der Waals surface area contributed by atoms with Gasteiger partial charge in [0.1, 0.15) is 0 Å². The molecule has 0 aromatic heterocycles. The van der Waals surface area contributed by atoms with Gasteiger partial charge in [-0.25, -0.2) is 0 Å². The minimum atomic E-state index is -0.291. The molecular weight excluding hydrogens is 238 g/mol. The average molecular weight is 257 g/mol. The highest BCUT2D eigenvalue weighted by atomic mass is 16.2. The molecule has 2 rings (SSSR count). The Bertz CT molecular complexity index is 462. The molecule has 2 N–H and O–H groups in total. The first-order valence-corrected chi connectivity index (χ1v) is 6.70. The summed E-state index contributed by atoms with van der Waals surface area (Å²) in [5.41, 5.74) is 6.74. The van der Waals surface area contributed by atoms with Crippen LogP contribution in [0, 0.1) is 11.3 Å². The van der Waals surface area contributed by atoms with Crippen molar-refractivity contribution in [1.82, 2.24) is 4.90 Å². The van der Waals surface area contributed by atoms with Crippen LogP contribution in [0.15, 0.2) is 30.3 Å². The van der Waals surface area contributed by atoms with Gasteiger partial charge >= 0.3 is 0 Å². The van der Waals surface area contributed by atoms with Crippen molar-refractivity contribution >= 4 is 5.91 Å². The van der Waals surface area contributed by atoms with Crippen molar-refractivity contribution in [3.8, 4) is 6.07 Å². The summed E-state index contributed by atoms with van der Waals surface area (Å²) >= 11 is 0. The van der Waals surface area contributed by atoms with E-state index < -0.39 is 0 Å². The number of nitriles is 1. The molecule has 0 spiro atoms. The second-order valence-corrected chi connectivity index (χ2v) is 4.87. The third kappa shape index (κ3) is 3.33. The molecule has 4 nitrogen and oxygen atoms in total. The molecule has 4 heteroatoms. The van der Waals surface area contributed by atoms with Gasteiger partial charge in [0.25, 0.3) is 0 Å². The Morgan fingerprint density at radius 1 is 1.42 bits per heavy atom. The number of rotatable bonds is 6. The zero-order chi connectivity index (χ0) is 13.7. The molecule has 0 saturated heterocycles. The molecule has 1 fully saturated rings. The zero-order valence-corrected chi connectivity index (χ0v) is 11.0. The van der Waals surface area contributed by atoms with Crippen LogP contribution in [0.5, 0.6) is 0 Å². The van der Waals surface area contributed by atoms with Gasteiger partial charge in [-0.05, 0) is 18.4 Å². The van der Waals surface area contributed by atoms with Crippen LogP contribution in [0.25, 0.3) is 0 Å². The van der Waals surface area contributed by atoms with Gasteiger partial charge in [0.2, 0.25) is 5.91 Å². The number of hydrogen-bond donors (Lipinski definition) is 1. The second-order valence-electron chi connectivity index (χ2n) is 4.87. The molecule has 1 aliphatic rings. The molecular formula is C15H19N3O. The van der Waals surface area contributed by atoms with E-state index in [1.807, 2.05) is 35.2 Å². The fourth-order valence-corrected chi connectivity index (χ4v) is 2.29. The van der Waals surface area contributed by atoms with Gasteiger partial charge in [-0.2, -0.15) is 5.26 Å². The molecule has 0 radical (unpaired) electrons. The third-order valence-corrected chi connectivity index (χ3v) is 3.47. The molecule has 0 aliphatic heterocycles. The molecule has 1 aliphatic carbocycles. The molecule has 1 unspecified atom stereocenters. The zero-order valence-electron chi connectivity index (χ0n) is 11.0. The van der Waals surface area contributed by atoms with Crippen LogP contribution in [0.2, 0.25) is 0 Å². The summed E-state index contributed by atoms with van der Waals surface area (Å²) in [7, 11) is 0. The van der Waals surface area contributed by atoms with E-state index in [1.165, 1.54) is 0 Å². The Kier molecular flexibility index (Phi) is 4.53. The van der Waals surface area contributed by atoms with Crippen LogP contribution in [0.1, 0.15) is 30.7 Å². The number of carbonyl (C=O) groups excluding carboxylic acids is 1. The van der Waals surface area contributed by atoms with Crippen molar-refractivity contribution in [3.63, 3.8) is 0 Å². The van der Waals surface area contributed by atoms with Gasteiger partial charge in [-0.3, -0.25) is 4.79 Å². The normalized spacial score (nSPS) is 15.6. The van der Waals surface area contributed by atoms with Crippen molar-refractivity contribution in [3.05, 3.63) is 35.9 Å². The van der Waals surface area contributed by atoms with Gasteiger partial charge < -0.3 is 10.6 Å². The van der Waals surface area contributed by atoms with Crippen molar-refractivity contribution in [2.45, 2.75) is 31.2 Å². The summed E-state index contributed by atoms with van der Waals surface area (Å²) in [5.74, 6) is -0.230. The van der Waals surface area contributed by atoms with Gasteiger partial charge in [0.15, 0.2) is 0 Å². The highest BCUT2D eigenvalue weighted by Crippen LogP contribution is 2.30. The lowest BCUT2D eigenvalue weighted by atomic mass is 9.97. The van der Waals surface area contributed by atoms with Crippen molar-refractivity contribution < 1.29 is 4.79 Å². The Hall–Kier alpha value is -1.86. The largest absolute Gasteiger partial charge is 0.338 e. The molecule has 1 aromatic carbocycles. The van der Waals surface area contributed by atoms with Gasteiger partial charge in [-0.15, -0.1) is 0 Å². The number of nitrogens with two attached hydrogens (primary N) is 1. The maximum absolute atomic E-state index is 12.6. The number of benzene rings is 1. The summed E-state index contributed by atoms with van der Waals surface area (Å²) in [6, 6.07) is 12.1. The van der Waals surface area contributed by atoms with Crippen molar-refractivity contribution in [2.24, 2.45) is 5.73 Å². The summed E-state index contributed by atoms with van der Waals surface area (Å²) in [4.78, 5) is 14.4. The Labute approximate surface area is 113 Å². The average Bonchev–Trinajstić information content (AvgIpc) is 3.26. The molecule has 1 aromatic rings. The number of hydrogen-bond acceptors (Lipinski definition) is 3. The predicted octanol–water partition coefficient (Wildman–Crippen LogP) is 1.63. The second kappa shape index (κ2) is 6.35. The van der Waals surface area contributed by atoms with E-state index in [0.717, 1.165) is 18.4 Å². The highest BCUT2D eigenvalue weighted by Gasteiger charge is 2.35. The Morgan fingerprint density at radius 2 is 2.11 bits per heavy atom. The number of carbonyl (C=O) groups is 1. The summed E-state index contributed by atoms with van der Waals surface area (Å²) in [6.45, 7) is 0.821. The Morgan fingerprint density at radius 3 is 2.63 bits per heavy atom. The molecule has 1 saturated carbocycles. The van der Waals surface area contributed by atoms with Crippen LogP contribution in [-0.4, -0.2) is 29.9 Å². The van der Waals surface area contributed by atoms with Crippen LogP contribution in [0.3, 0.4) is 0 Å². The highest BCUT2D eigenvalue weighted by molar-refractivity contribution is 5.84. The molecule has 1 amide bonds. The number of amides is 1. The standard InChI is InChI=1S/C15H19N3O/c16-9-4-10-18(13-7-8-13)15(19)14(11-17)12-5-2-1-3-6-12/h1-3,5-6,13-14H,4,7-8,10-11,17H2. The quantitative estimate of drug-likeness (QED) is 0.842. The van der Waals surface area contributed by atoms with E-state index >= 15 is 0 Å². The molecule has 0 bridgehead atoms. The molecule has 100 valence electrons. The lowest BCUT2D eigenvalue weighted by molar-refractivity contribution is -0.133. The fraction of sp³-hybridized carbons (Fsp3) is 0.467. The van der Waals surface area contributed by atoms with Crippen molar-refractivity contribution in [2.75, 3.05) is 13.1 Å². The predicted molar refractivity (Wildman–Crippen MR) is 73.2 cm³/mol. The van der Waals surface area contributed by atoms with Crippen molar-refractivity contribution in [1.29, 1.82) is 5.26 Å². The van der Waals surface area contributed by atoms with E-state index in [1.54, 1.807) is 0 Å². The summed E-state index contributed by atoms with van der Waals surface area (Å²) < 4.78 is 0. The van der Waals surface area contributed by atoms with Gasteiger partial charge in [0.05, 0.1) is 18.4 Å². The van der Waals surface area contributed by atoms with E-state index in [2.05, 4.69) is 6.07 Å². The summed E-state index contributed by atoms with van der Waals surface area (Å²) in [5, 5.41) is 8.70. The molecule has 19 heavy (non-hydrogen) atoms. The van der Waals surface area contributed by atoms with E-state index in [4.69, 9.17) is 11.0 Å². The molecule has 0 heterocycles.